The molecule has 0 aromatic heterocycles. The molecule has 10 heteroatoms. The second-order valence-electron chi connectivity index (χ2n) is 8.63. The van der Waals surface area contributed by atoms with E-state index in [2.05, 4.69) is 16.0 Å². The number of urea groups is 1. The molecule has 1 aliphatic carbocycles. The van der Waals surface area contributed by atoms with Crippen molar-refractivity contribution in [3.05, 3.63) is 0 Å². The molecule has 31 heavy (non-hydrogen) atoms. The predicted molar refractivity (Wildman–Crippen MR) is 122 cm³/mol. The molecule has 3 amide bonds. The molecule has 3 N–H and O–H groups in total. The van der Waals surface area contributed by atoms with Crippen molar-refractivity contribution in [1.82, 2.24) is 16.0 Å². The summed E-state index contributed by atoms with van der Waals surface area (Å²) in [6.45, 7) is 13.4. The van der Waals surface area contributed by atoms with Crippen LogP contribution in [0.15, 0.2) is 0 Å². The maximum absolute atomic E-state index is 12.4. The summed E-state index contributed by atoms with van der Waals surface area (Å²) >= 11 is 0. The van der Waals surface area contributed by atoms with Crippen LogP contribution in [0.25, 0.3) is 0 Å². The van der Waals surface area contributed by atoms with Crippen LogP contribution < -0.4 is 16.0 Å². The number of ether oxygens (including phenoxy) is 1. The third-order valence-corrected chi connectivity index (χ3v) is 7.97. The molecule has 182 valence electrons. The van der Waals surface area contributed by atoms with E-state index < -0.39 is 20.5 Å². The lowest BCUT2D eigenvalue weighted by Crippen LogP contribution is -2.55. The van der Waals surface area contributed by atoms with Gasteiger partial charge in [0.25, 0.3) is 0 Å². The number of hydrogen-bond acceptors (Lipinski definition) is 6. The van der Waals surface area contributed by atoms with E-state index in [-0.39, 0.29) is 18.1 Å². The van der Waals surface area contributed by atoms with Crippen molar-refractivity contribution in [3.8, 4) is 0 Å². The van der Waals surface area contributed by atoms with Gasteiger partial charge in [-0.3, -0.25) is 0 Å². The number of alkyl carbamates (subject to hydrolysis) is 1. The lowest BCUT2D eigenvalue weighted by Gasteiger charge is -2.33. The Hall–Kier alpha value is -1.36. The monoisotopic (exact) mass is 461 g/mol. The summed E-state index contributed by atoms with van der Waals surface area (Å²) in [5, 5.41) is 8.82. The molecule has 0 bridgehead atoms. The Morgan fingerprint density at radius 3 is 1.90 bits per heavy atom. The van der Waals surface area contributed by atoms with Crippen molar-refractivity contribution in [2.75, 3.05) is 26.4 Å². The molecule has 9 nitrogen and oxygen atoms in total. The Morgan fingerprint density at radius 1 is 0.903 bits per heavy atom. The number of amides is 3. The maximum atomic E-state index is 12.4. The van der Waals surface area contributed by atoms with Crippen molar-refractivity contribution >= 4 is 20.9 Å². The van der Waals surface area contributed by atoms with Gasteiger partial charge in [0.05, 0.1) is 12.1 Å². The van der Waals surface area contributed by atoms with Crippen molar-refractivity contribution in [1.29, 1.82) is 0 Å². The standard InChI is InChI=1S/C21H43N3O6Si/c1-7-27-31(28-8-2,29-9-3)16-12-15-22-19(25)23-17-13-10-11-14-18(17)24-20(26)30-21(4,5)6/h17-18H,7-16H2,1-6H3,(H,24,26)(H2,22,23,25)/t17-,18-/m0/s1. The summed E-state index contributed by atoms with van der Waals surface area (Å²) in [5.41, 5.74) is -0.554. The zero-order chi connectivity index (χ0) is 23.3. The second-order valence-corrected chi connectivity index (χ2v) is 11.4. The highest BCUT2D eigenvalue weighted by molar-refractivity contribution is 6.60. The summed E-state index contributed by atoms with van der Waals surface area (Å²) in [7, 11) is -2.69. The first-order chi connectivity index (χ1) is 14.6. The van der Waals surface area contributed by atoms with E-state index in [1.54, 1.807) is 0 Å². The molecule has 0 spiro atoms. The Labute approximate surface area is 188 Å². The van der Waals surface area contributed by atoms with Crippen LogP contribution in [0.1, 0.15) is 73.6 Å². The molecule has 0 aromatic carbocycles. The van der Waals surface area contributed by atoms with Gasteiger partial charge >= 0.3 is 20.9 Å². The minimum absolute atomic E-state index is 0.120. The van der Waals surface area contributed by atoms with E-state index in [1.165, 1.54) is 0 Å². The molecule has 1 rings (SSSR count). The van der Waals surface area contributed by atoms with Gasteiger partial charge < -0.3 is 34.0 Å². The highest BCUT2D eigenvalue weighted by atomic mass is 28.4. The van der Waals surface area contributed by atoms with E-state index in [0.29, 0.717) is 38.8 Å². The number of carbonyl (C=O) groups is 2. The van der Waals surface area contributed by atoms with Crippen molar-refractivity contribution < 1.29 is 27.6 Å². The maximum Gasteiger partial charge on any atom is 0.500 e. The number of carbonyl (C=O) groups excluding carboxylic acids is 2. The lowest BCUT2D eigenvalue weighted by molar-refractivity contribution is 0.0480. The number of rotatable bonds is 12. The quantitative estimate of drug-likeness (QED) is 0.303. The van der Waals surface area contributed by atoms with Crippen LogP contribution in [-0.4, -0.2) is 65.0 Å². The van der Waals surface area contributed by atoms with Gasteiger partial charge in [0.2, 0.25) is 0 Å². The van der Waals surface area contributed by atoms with Gasteiger partial charge in [0, 0.05) is 32.4 Å². The van der Waals surface area contributed by atoms with Crippen molar-refractivity contribution in [2.24, 2.45) is 0 Å². The van der Waals surface area contributed by atoms with E-state index >= 15 is 0 Å². The fourth-order valence-corrected chi connectivity index (χ4v) is 6.28. The van der Waals surface area contributed by atoms with Gasteiger partial charge in [-0.15, -0.1) is 0 Å². The van der Waals surface area contributed by atoms with Gasteiger partial charge in [-0.1, -0.05) is 12.8 Å². The van der Waals surface area contributed by atoms with Gasteiger partial charge in [-0.05, 0) is 60.8 Å². The summed E-state index contributed by atoms with van der Waals surface area (Å²) in [6, 6.07) is 0.155. The second kappa shape index (κ2) is 13.9. The van der Waals surface area contributed by atoms with Crippen LogP contribution in [0.4, 0.5) is 9.59 Å². The molecule has 0 radical (unpaired) electrons. The summed E-state index contributed by atoms with van der Waals surface area (Å²) in [4.78, 5) is 24.6. The Morgan fingerprint density at radius 2 is 1.42 bits per heavy atom. The third kappa shape index (κ3) is 11.2. The zero-order valence-electron chi connectivity index (χ0n) is 20.2. The fourth-order valence-electron chi connectivity index (χ4n) is 3.66. The number of nitrogens with one attached hydrogen (secondary N) is 3. The smallest absolute Gasteiger partial charge is 0.444 e. The largest absolute Gasteiger partial charge is 0.500 e. The molecule has 0 saturated heterocycles. The number of hydrogen-bond donors (Lipinski definition) is 3. The molecule has 1 saturated carbocycles. The highest BCUT2D eigenvalue weighted by Gasteiger charge is 2.39. The highest BCUT2D eigenvalue weighted by Crippen LogP contribution is 2.20. The molecule has 0 aromatic rings. The Balaban J connectivity index is 2.47. The molecule has 1 aliphatic rings. The summed E-state index contributed by atoms with van der Waals surface area (Å²) < 4.78 is 22.9. The predicted octanol–water partition coefficient (Wildman–Crippen LogP) is 3.56. The Kier molecular flexibility index (Phi) is 12.4. The average Bonchev–Trinajstić information content (AvgIpc) is 2.66. The molecule has 0 unspecified atom stereocenters. The lowest BCUT2D eigenvalue weighted by atomic mass is 9.90. The first-order valence-corrected chi connectivity index (χ1v) is 13.5. The Bertz CT molecular complexity index is 527. The van der Waals surface area contributed by atoms with Crippen molar-refractivity contribution in [2.45, 2.75) is 97.4 Å². The molecule has 2 atom stereocenters. The van der Waals surface area contributed by atoms with Gasteiger partial charge in [-0.2, -0.15) is 0 Å². The van der Waals surface area contributed by atoms with E-state index in [9.17, 15) is 9.59 Å². The minimum atomic E-state index is -2.69. The van der Waals surface area contributed by atoms with Crippen LogP contribution in [0, 0.1) is 0 Å². The van der Waals surface area contributed by atoms with Crippen LogP contribution in [-0.2, 0) is 18.0 Å². The van der Waals surface area contributed by atoms with Gasteiger partial charge in [0.15, 0.2) is 0 Å². The van der Waals surface area contributed by atoms with Gasteiger partial charge in [0.1, 0.15) is 5.60 Å². The van der Waals surface area contributed by atoms with Gasteiger partial charge in [-0.25, -0.2) is 9.59 Å². The average molecular weight is 462 g/mol. The minimum Gasteiger partial charge on any atom is -0.444 e. The normalized spacial score (nSPS) is 19.5. The first kappa shape index (κ1) is 27.7. The van der Waals surface area contributed by atoms with E-state index in [1.807, 2.05) is 41.5 Å². The molecular formula is C21H43N3O6Si. The molecule has 1 fully saturated rings. The van der Waals surface area contributed by atoms with Crippen LogP contribution >= 0.6 is 0 Å². The zero-order valence-corrected chi connectivity index (χ0v) is 21.2. The fraction of sp³-hybridized carbons (Fsp3) is 0.905. The van der Waals surface area contributed by atoms with Crippen LogP contribution in [0.2, 0.25) is 6.04 Å². The molecule has 0 aliphatic heterocycles. The topological polar surface area (TPSA) is 107 Å². The third-order valence-electron chi connectivity index (χ3n) is 4.82. The SMILES string of the molecule is CCO[Si](CCCNC(=O)N[C@H]1CCCC[C@@H]1NC(=O)OC(C)(C)C)(OCC)OCC. The summed E-state index contributed by atoms with van der Waals surface area (Å²) in [6.07, 6.45) is 3.92. The first-order valence-electron chi connectivity index (χ1n) is 11.6. The molecule has 0 heterocycles. The van der Waals surface area contributed by atoms with Crippen LogP contribution in [0.5, 0.6) is 0 Å². The van der Waals surface area contributed by atoms with E-state index in [0.717, 1.165) is 25.7 Å². The van der Waals surface area contributed by atoms with E-state index in [4.69, 9.17) is 18.0 Å². The van der Waals surface area contributed by atoms with Crippen molar-refractivity contribution in [3.63, 3.8) is 0 Å². The molecular weight excluding hydrogens is 418 g/mol. The summed E-state index contributed by atoms with van der Waals surface area (Å²) in [5.74, 6) is 0. The van der Waals surface area contributed by atoms with Crippen LogP contribution in [0.3, 0.4) is 0 Å².